The van der Waals surface area contributed by atoms with Crippen molar-refractivity contribution in [3.8, 4) is 11.9 Å². The monoisotopic (exact) mass is 225 g/mol. The number of nitrogens with zero attached hydrogens (tertiary/aromatic N) is 3. The maximum absolute atomic E-state index is 8.80. The molecule has 0 saturated carbocycles. The fraction of sp³-hybridized carbons (Fsp3) is 0.500. The van der Waals surface area contributed by atoms with Crippen molar-refractivity contribution in [2.75, 3.05) is 12.5 Å². The largest absolute Gasteiger partial charge is 0.477 e. The second kappa shape index (κ2) is 6.20. The lowest BCUT2D eigenvalue weighted by molar-refractivity contribution is 0.302. The number of hydrogen-bond acceptors (Lipinski definition) is 4. The summed E-state index contributed by atoms with van der Waals surface area (Å²) in [6.07, 6.45) is 3.97. The summed E-state index contributed by atoms with van der Waals surface area (Å²) >= 11 is 5.63. The predicted molar refractivity (Wildman–Crippen MR) is 56.9 cm³/mol. The summed E-state index contributed by atoms with van der Waals surface area (Å²) in [6, 6.07) is 2.06. The van der Waals surface area contributed by atoms with E-state index < -0.39 is 5.92 Å². The lowest BCUT2D eigenvalue weighted by Gasteiger charge is -2.06. The van der Waals surface area contributed by atoms with Crippen molar-refractivity contribution in [3.05, 3.63) is 18.1 Å². The summed E-state index contributed by atoms with van der Waals surface area (Å²) in [5, 5.41) is 8.80. The Hall–Kier alpha value is -1.34. The quantitative estimate of drug-likeness (QED) is 0.721. The number of hydrogen-bond donors (Lipinski definition) is 0. The molecular weight excluding hydrogens is 214 g/mol. The Morgan fingerprint density at radius 3 is 3.00 bits per heavy atom. The van der Waals surface area contributed by atoms with Crippen LogP contribution in [-0.2, 0) is 0 Å². The number of nitriles is 1. The first-order chi connectivity index (χ1) is 7.31. The molecule has 0 aliphatic rings. The van der Waals surface area contributed by atoms with Crippen molar-refractivity contribution in [3.63, 3.8) is 0 Å². The molecule has 0 aliphatic heterocycles. The zero-order chi connectivity index (χ0) is 11.1. The molecule has 5 heteroatoms. The van der Waals surface area contributed by atoms with Gasteiger partial charge in [0.25, 0.3) is 0 Å². The average molecular weight is 226 g/mol. The van der Waals surface area contributed by atoms with Gasteiger partial charge in [-0.25, -0.2) is 4.98 Å². The minimum absolute atomic E-state index is 0.211. The number of aromatic nitrogens is 2. The first kappa shape index (κ1) is 11.7. The van der Waals surface area contributed by atoms with Gasteiger partial charge >= 0.3 is 0 Å². The van der Waals surface area contributed by atoms with Crippen LogP contribution in [0.3, 0.4) is 0 Å². The van der Waals surface area contributed by atoms with Crippen LogP contribution in [0.25, 0.3) is 0 Å². The molecule has 1 aromatic heterocycles. The van der Waals surface area contributed by atoms with Crippen LogP contribution in [0.5, 0.6) is 5.88 Å². The van der Waals surface area contributed by atoms with Gasteiger partial charge in [-0.05, 0) is 6.42 Å². The third-order valence-corrected chi connectivity index (χ3v) is 2.06. The van der Waals surface area contributed by atoms with Crippen molar-refractivity contribution in [1.29, 1.82) is 5.26 Å². The Morgan fingerprint density at radius 2 is 2.40 bits per heavy atom. The van der Waals surface area contributed by atoms with Crippen LogP contribution in [0.15, 0.2) is 12.4 Å². The third-order valence-electron chi connectivity index (χ3n) is 1.75. The molecule has 1 heterocycles. The average Bonchev–Trinajstić information content (AvgIpc) is 2.29. The molecule has 0 amide bonds. The molecule has 0 N–H and O–H groups in total. The molecule has 0 bridgehead atoms. The highest BCUT2D eigenvalue weighted by molar-refractivity contribution is 6.18. The molecule has 0 radical (unpaired) electrons. The normalized spacial score (nSPS) is 11.8. The fourth-order valence-corrected chi connectivity index (χ4v) is 1.21. The van der Waals surface area contributed by atoms with Gasteiger partial charge in [0.15, 0.2) is 0 Å². The summed E-state index contributed by atoms with van der Waals surface area (Å²) in [5.41, 5.74) is 0.557. The SMILES string of the molecule is CCCOc1cncc(C(C#N)CCl)n1. The molecule has 0 aromatic carbocycles. The summed E-state index contributed by atoms with van der Waals surface area (Å²) in [6.45, 7) is 2.60. The van der Waals surface area contributed by atoms with E-state index in [1.165, 1.54) is 12.4 Å². The molecule has 1 rings (SSSR count). The van der Waals surface area contributed by atoms with Crippen LogP contribution in [0.2, 0.25) is 0 Å². The van der Waals surface area contributed by atoms with Gasteiger partial charge in [0.05, 0.1) is 30.8 Å². The molecule has 1 aromatic rings. The molecule has 15 heavy (non-hydrogen) atoms. The minimum Gasteiger partial charge on any atom is -0.477 e. The first-order valence-electron chi connectivity index (χ1n) is 4.72. The molecule has 0 saturated heterocycles. The summed E-state index contributed by atoms with van der Waals surface area (Å²) in [5.74, 6) is 0.228. The first-order valence-corrected chi connectivity index (χ1v) is 5.25. The van der Waals surface area contributed by atoms with Crippen LogP contribution >= 0.6 is 11.6 Å². The van der Waals surface area contributed by atoms with Gasteiger partial charge in [-0.1, -0.05) is 6.92 Å². The zero-order valence-electron chi connectivity index (χ0n) is 8.48. The van der Waals surface area contributed by atoms with Crippen LogP contribution < -0.4 is 4.74 Å². The van der Waals surface area contributed by atoms with E-state index in [4.69, 9.17) is 21.6 Å². The summed E-state index contributed by atoms with van der Waals surface area (Å²) < 4.78 is 5.31. The van der Waals surface area contributed by atoms with Crippen LogP contribution in [0.4, 0.5) is 0 Å². The van der Waals surface area contributed by atoms with E-state index in [1.54, 1.807) is 0 Å². The van der Waals surface area contributed by atoms with E-state index >= 15 is 0 Å². The third kappa shape index (κ3) is 3.37. The van der Waals surface area contributed by atoms with Gasteiger partial charge in [-0.15, -0.1) is 11.6 Å². The van der Waals surface area contributed by atoms with Crippen LogP contribution in [-0.4, -0.2) is 22.5 Å². The van der Waals surface area contributed by atoms with Gasteiger partial charge in [-0.3, -0.25) is 4.98 Å². The molecule has 0 aliphatic carbocycles. The van der Waals surface area contributed by atoms with Crippen molar-refractivity contribution in [2.45, 2.75) is 19.3 Å². The molecule has 1 unspecified atom stereocenters. The molecule has 80 valence electrons. The number of alkyl halides is 1. The standard InChI is InChI=1S/C10H12ClN3O/c1-2-3-15-10-7-13-6-9(14-10)8(4-11)5-12/h6-8H,2-4H2,1H3. The van der Waals surface area contributed by atoms with E-state index in [2.05, 4.69) is 16.0 Å². The Kier molecular flexibility index (Phi) is 4.85. The van der Waals surface area contributed by atoms with Gasteiger partial charge in [0.2, 0.25) is 5.88 Å². The molecule has 4 nitrogen and oxygen atoms in total. The van der Waals surface area contributed by atoms with Crippen molar-refractivity contribution < 1.29 is 4.74 Å². The van der Waals surface area contributed by atoms with E-state index in [-0.39, 0.29) is 5.88 Å². The molecule has 1 atom stereocenters. The molecule has 0 spiro atoms. The highest BCUT2D eigenvalue weighted by Crippen LogP contribution is 2.15. The predicted octanol–water partition coefficient (Wildman–Crippen LogP) is 2.11. The number of halogens is 1. The smallest absolute Gasteiger partial charge is 0.232 e. The van der Waals surface area contributed by atoms with E-state index in [9.17, 15) is 0 Å². The van der Waals surface area contributed by atoms with E-state index in [0.29, 0.717) is 18.2 Å². The minimum atomic E-state index is -0.427. The van der Waals surface area contributed by atoms with Crippen molar-refractivity contribution in [2.24, 2.45) is 0 Å². The number of rotatable bonds is 5. The van der Waals surface area contributed by atoms with E-state index in [1.807, 2.05) is 6.92 Å². The Morgan fingerprint density at radius 1 is 1.60 bits per heavy atom. The van der Waals surface area contributed by atoms with Gasteiger partial charge in [0, 0.05) is 5.88 Å². The topological polar surface area (TPSA) is 58.8 Å². The molecule has 0 fully saturated rings. The van der Waals surface area contributed by atoms with Crippen molar-refractivity contribution >= 4 is 11.6 Å². The second-order valence-electron chi connectivity index (χ2n) is 2.97. The maximum Gasteiger partial charge on any atom is 0.232 e. The maximum atomic E-state index is 8.80. The van der Waals surface area contributed by atoms with Gasteiger partial charge < -0.3 is 4.74 Å². The fourth-order valence-electron chi connectivity index (χ4n) is 0.986. The van der Waals surface area contributed by atoms with Gasteiger partial charge in [-0.2, -0.15) is 5.26 Å². The second-order valence-corrected chi connectivity index (χ2v) is 3.28. The van der Waals surface area contributed by atoms with Crippen LogP contribution in [0, 0.1) is 11.3 Å². The van der Waals surface area contributed by atoms with E-state index in [0.717, 1.165) is 6.42 Å². The summed E-state index contributed by atoms with van der Waals surface area (Å²) in [7, 11) is 0. The van der Waals surface area contributed by atoms with Gasteiger partial charge in [0.1, 0.15) is 5.92 Å². The van der Waals surface area contributed by atoms with Crippen LogP contribution in [0.1, 0.15) is 25.0 Å². The highest BCUT2D eigenvalue weighted by Gasteiger charge is 2.11. The van der Waals surface area contributed by atoms with Crippen molar-refractivity contribution in [1.82, 2.24) is 9.97 Å². The Balaban J connectivity index is 2.78. The summed E-state index contributed by atoms with van der Waals surface area (Å²) in [4.78, 5) is 8.12. The molecular formula is C10H12ClN3O. The zero-order valence-corrected chi connectivity index (χ0v) is 9.24. The lowest BCUT2D eigenvalue weighted by Crippen LogP contribution is -2.04. The lowest BCUT2D eigenvalue weighted by atomic mass is 10.1. The number of ether oxygens (including phenoxy) is 1. The highest BCUT2D eigenvalue weighted by atomic mass is 35.5. The Labute approximate surface area is 93.9 Å². The Bertz CT molecular complexity index is 351.